The van der Waals surface area contributed by atoms with Crippen LogP contribution in [-0.2, 0) is 6.42 Å². The van der Waals surface area contributed by atoms with Crippen molar-refractivity contribution in [3.05, 3.63) is 33.9 Å². The predicted octanol–water partition coefficient (Wildman–Crippen LogP) is 2.23. The summed E-state index contributed by atoms with van der Waals surface area (Å²) in [6, 6.07) is 1.77. The number of hydrogen-bond acceptors (Lipinski definition) is 8. The minimum absolute atomic E-state index is 0.452. The van der Waals surface area contributed by atoms with Crippen LogP contribution >= 0.6 is 11.3 Å². The summed E-state index contributed by atoms with van der Waals surface area (Å²) in [4.78, 5) is 18.2. The quantitative estimate of drug-likeness (QED) is 0.790. The van der Waals surface area contributed by atoms with Crippen molar-refractivity contribution in [3.8, 4) is 11.5 Å². The van der Waals surface area contributed by atoms with E-state index in [1.54, 1.807) is 24.5 Å². The molecule has 8 heteroatoms. The smallest absolute Gasteiger partial charge is 0.233 e. The fraction of sp³-hybridized carbons (Fsp3) is 0.308. The van der Waals surface area contributed by atoms with Crippen LogP contribution in [0, 0.1) is 13.8 Å². The van der Waals surface area contributed by atoms with Crippen LogP contribution in [-0.4, -0.2) is 32.1 Å². The Kier molecular flexibility index (Phi) is 3.61. The Morgan fingerprint density at radius 1 is 1.24 bits per heavy atom. The van der Waals surface area contributed by atoms with E-state index in [4.69, 9.17) is 4.52 Å². The zero-order valence-corrected chi connectivity index (χ0v) is 12.7. The highest BCUT2D eigenvalue weighted by molar-refractivity contribution is 7.11. The molecule has 0 unspecified atom stereocenters. The lowest BCUT2D eigenvalue weighted by Gasteiger charge is -1.98. The van der Waals surface area contributed by atoms with Crippen molar-refractivity contribution >= 4 is 17.2 Å². The highest BCUT2D eigenvalue weighted by Gasteiger charge is 2.14. The molecule has 21 heavy (non-hydrogen) atoms. The first-order chi connectivity index (χ1) is 10.2. The summed E-state index contributed by atoms with van der Waals surface area (Å²) in [5.41, 5.74) is 1.60. The van der Waals surface area contributed by atoms with E-state index in [0.29, 0.717) is 29.6 Å². The molecule has 0 fully saturated rings. The van der Waals surface area contributed by atoms with Gasteiger partial charge in [-0.1, -0.05) is 5.16 Å². The van der Waals surface area contributed by atoms with E-state index in [9.17, 15) is 0 Å². The largest absolute Gasteiger partial charge is 0.373 e. The van der Waals surface area contributed by atoms with Crippen molar-refractivity contribution in [2.24, 2.45) is 0 Å². The molecular weight excluding hydrogens is 288 g/mol. The predicted molar refractivity (Wildman–Crippen MR) is 79.3 cm³/mol. The SMILES string of the molecule is CNc1cc(-c2noc(Cc3nc(C)sc3C)n2)ncn1. The molecule has 1 N–H and O–H groups in total. The van der Waals surface area contributed by atoms with Gasteiger partial charge in [-0.3, -0.25) is 0 Å². The molecule has 0 bridgehead atoms. The van der Waals surface area contributed by atoms with Gasteiger partial charge >= 0.3 is 0 Å². The third-order valence-corrected chi connectivity index (χ3v) is 3.87. The average molecular weight is 302 g/mol. The normalized spacial score (nSPS) is 10.8. The molecule has 3 heterocycles. The fourth-order valence-corrected chi connectivity index (χ4v) is 2.76. The van der Waals surface area contributed by atoms with E-state index in [-0.39, 0.29) is 0 Å². The first kappa shape index (κ1) is 13.6. The molecule has 108 valence electrons. The summed E-state index contributed by atoms with van der Waals surface area (Å²) in [7, 11) is 1.79. The van der Waals surface area contributed by atoms with Gasteiger partial charge in [-0.15, -0.1) is 11.3 Å². The number of thiazole rings is 1. The minimum atomic E-state index is 0.452. The van der Waals surface area contributed by atoms with Crippen molar-refractivity contribution in [1.82, 2.24) is 25.1 Å². The van der Waals surface area contributed by atoms with Gasteiger partial charge in [-0.05, 0) is 13.8 Å². The molecule has 7 nitrogen and oxygen atoms in total. The topological polar surface area (TPSA) is 89.6 Å². The van der Waals surface area contributed by atoms with E-state index >= 15 is 0 Å². The molecule has 3 aromatic heterocycles. The lowest BCUT2D eigenvalue weighted by Crippen LogP contribution is -1.95. The van der Waals surface area contributed by atoms with Gasteiger partial charge in [-0.25, -0.2) is 15.0 Å². The Balaban J connectivity index is 1.84. The van der Waals surface area contributed by atoms with Crippen molar-refractivity contribution in [1.29, 1.82) is 0 Å². The summed E-state index contributed by atoms with van der Waals surface area (Å²) in [6.45, 7) is 4.03. The van der Waals surface area contributed by atoms with Crippen molar-refractivity contribution in [3.63, 3.8) is 0 Å². The molecule has 0 aliphatic heterocycles. The number of rotatable bonds is 4. The maximum Gasteiger partial charge on any atom is 0.233 e. The first-order valence-electron chi connectivity index (χ1n) is 6.41. The number of aromatic nitrogens is 5. The van der Waals surface area contributed by atoms with Gasteiger partial charge in [0.05, 0.1) is 17.1 Å². The summed E-state index contributed by atoms with van der Waals surface area (Å²) >= 11 is 1.67. The lowest BCUT2D eigenvalue weighted by molar-refractivity contribution is 0.384. The number of nitrogens with zero attached hydrogens (tertiary/aromatic N) is 5. The van der Waals surface area contributed by atoms with Gasteiger partial charge < -0.3 is 9.84 Å². The van der Waals surface area contributed by atoms with Crippen molar-refractivity contribution < 1.29 is 4.52 Å². The van der Waals surface area contributed by atoms with Crippen LogP contribution in [0.2, 0.25) is 0 Å². The summed E-state index contributed by atoms with van der Waals surface area (Å²) in [5.74, 6) is 1.69. The van der Waals surface area contributed by atoms with Gasteiger partial charge in [0, 0.05) is 18.0 Å². The Morgan fingerprint density at radius 2 is 2.10 bits per heavy atom. The summed E-state index contributed by atoms with van der Waals surface area (Å²) < 4.78 is 5.28. The van der Waals surface area contributed by atoms with E-state index in [0.717, 1.165) is 10.7 Å². The van der Waals surface area contributed by atoms with Crippen LogP contribution in [0.1, 0.15) is 21.5 Å². The van der Waals surface area contributed by atoms with Gasteiger partial charge in [0.25, 0.3) is 0 Å². The average Bonchev–Trinajstić information content (AvgIpc) is 3.06. The van der Waals surface area contributed by atoms with Crippen LogP contribution in [0.25, 0.3) is 11.5 Å². The van der Waals surface area contributed by atoms with Crippen molar-refractivity contribution in [2.45, 2.75) is 20.3 Å². The molecule has 0 aliphatic carbocycles. The summed E-state index contributed by atoms with van der Waals surface area (Å²) in [6.07, 6.45) is 2.00. The zero-order valence-electron chi connectivity index (χ0n) is 11.9. The van der Waals surface area contributed by atoms with E-state index < -0.39 is 0 Å². The molecule has 0 saturated heterocycles. The molecule has 0 amide bonds. The molecule has 0 radical (unpaired) electrons. The Morgan fingerprint density at radius 3 is 2.81 bits per heavy atom. The lowest BCUT2D eigenvalue weighted by atomic mass is 10.3. The van der Waals surface area contributed by atoms with Gasteiger partial charge in [0.15, 0.2) is 0 Å². The molecule has 0 aromatic carbocycles. The minimum Gasteiger partial charge on any atom is -0.373 e. The number of hydrogen-bond donors (Lipinski definition) is 1. The molecule has 0 atom stereocenters. The molecule has 0 spiro atoms. The van der Waals surface area contributed by atoms with Crippen LogP contribution in [0.3, 0.4) is 0 Å². The van der Waals surface area contributed by atoms with E-state index in [1.165, 1.54) is 11.2 Å². The second-order valence-corrected chi connectivity index (χ2v) is 5.87. The number of anilines is 1. The highest BCUT2D eigenvalue weighted by Crippen LogP contribution is 2.20. The first-order valence-corrected chi connectivity index (χ1v) is 7.23. The second-order valence-electron chi connectivity index (χ2n) is 4.46. The maximum atomic E-state index is 5.28. The van der Waals surface area contributed by atoms with Crippen LogP contribution in [0.15, 0.2) is 16.9 Å². The highest BCUT2D eigenvalue weighted by atomic mass is 32.1. The maximum absolute atomic E-state index is 5.28. The Hall–Kier alpha value is -2.35. The van der Waals surface area contributed by atoms with Crippen molar-refractivity contribution in [2.75, 3.05) is 12.4 Å². The molecule has 3 aromatic rings. The third-order valence-electron chi connectivity index (χ3n) is 2.94. The number of nitrogens with one attached hydrogen (secondary N) is 1. The fourth-order valence-electron chi connectivity index (χ4n) is 1.93. The van der Waals surface area contributed by atoms with E-state index in [2.05, 4.69) is 30.4 Å². The van der Waals surface area contributed by atoms with Gasteiger partial charge in [0.1, 0.15) is 17.8 Å². The van der Waals surface area contributed by atoms with Crippen LogP contribution in [0.5, 0.6) is 0 Å². The summed E-state index contributed by atoms with van der Waals surface area (Å²) in [5, 5.41) is 7.95. The van der Waals surface area contributed by atoms with Gasteiger partial charge in [-0.2, -0.15) is 4.98 Å². The van der Waals surface area contributed by atoms with Gasteiger partial charge in [0.2, 0.25) is 11.7 Å². The second kappa shape index (κ2) is 5.57. The molecule has 3 rings (SSSR count). The zero-order chi connectivity index (χ0) is 14.8. The number of aryl methyl sites for hydroxylation is 2. The molecule has 0 aliphatic rings. The molecule has 0 saturated carbocycles. The third kappa shape index (κ3) is 2.89. The Bertz CT molecular complexity index is 766. The van der Waals surface area contributed by atoms with Crippen LogP contribution < -0.4 is 5.32 Å². The monoisotopic (exact) mass is 302 g/mol. The Labute approximate surface area is 125 Å². The standard InChI is InChI=1S/C13H14N6OS/c1-7-9(17-8(2)21-7)5-12-18-13(19-20-12)10-4-11(14-3)16-6-15-10/h4,6H,5H2,1-3H3,(H,14,15,16). The molecular formula is C13H14N6OS. The van der Waals surface area contributed by atoms with Crippen LogP contribution in [0.4, 0.5) is 5.82 Å². The van der Waals surface area contributed by atoms with E-state index in [1.807, 2.05) is 13.8 Å².